The molecule has 0 bridgehead atoms. The second-order valence-corrected chi connectivity index (χ2v) is 4.81. The van der Waals surface area contributed by atoms with E-state index < -0.39 is 0 Å². The van der Waals surface area contributed by atoms with Gasteiger partial charge in [-0.15, -0.1) is 10.2 Å². The molecule has 0 aliphatic carbocycles. The van der Waals surface area contributed by atoms with Crippen LogP contribution in [-0.2, 0) is 7.05 Å². The average molecular weight is 212 g/mol. The zero-order chi connectivity index (χ0) is 9.97. The summed E-state index contributed by atoms with van der Waals surface area (Å²) < 4.78 is 2.05. The van der Waals surface area contributed by atoms with Crippen LogP contribution in [-0.4, -0.2) is 33.6 Å². The predicted octanol–water partition coefficient (Wildman–Crippen LogP) is 0.825. The highest BCUT2D eigenvalue weighted by molar-refractivity contribution is 7.99. The third-order valence-corrected chi connectivity index (χ3v) is 3.73. The van der Waals surface area contributed by atoms with Crippen molar-refractivity contribution < 1.29 is 0 Å². The molecule has 0 unspecified atom stereocenters. The monoisotopic (exact) mass is 212 g/mol. The van der Waals surface area contributed by atoms with E-state index in [-0.39, 0.29) is 0 Å². The number of hydrogen-bond donors (Lipinski definition) is 1. The fourth-order valence-electron chi connectivity index (χ4n) is 1.38. The van der Waals surface area contributed by atoms with E-state index in [0.29, 0.717) is 0 Å². The van der Waals surface area contributed by atoms with Crippen LogP contribution >= 0.6 is 11.8 Å². The molecule has 0 saturated carbocycles. The van der Waals surface area contributed by atoms with Crippen molar-refractivity contribution in [2.75, 3.05) is 18.8 Å². The topological polar surface area (TPSA) is 42.7 Å². The maximum Gasteiger partial charge on any atom is 0.190 e. The normalized spacial score (nSPS) is 17.0. The molecule has 0 aromatic carbocycles. The van der Waals surface area contributed by atoms with Crippen molar-refractivity contribution in [2.45, 2.75) is 18.5 Å². The molecule has 0 spiro atoms. The van der Waals surface area contributed by atoms with Gasteiger partial charge in [0.1, 0.15) is 5.82 Å². The number of hydrogen-bond acceptors (Lipinski definition) is 4. The summed E-state index contributed by atoms with van der Waals surface area (Å²) in [4.78, 5) is 0. The Kier molecular flexibility index (Phi) is 3.08. The van der Waals surface area contributed by atoms with Crippen LogP contribution in [0.25, 0.3) is 0 Å². The van der Waals surface area contributed by atoms with Crippen LogP contribution < -0.4 is 5.32 Å². The smallest absolute Gasteiger partial charge is 0.190 e. The van der Waals surface area contributed by atoms with Gasteiger partial charge in [0.2, 0.25) is 0 Å². The van der Waals surface area contributed by atoms with E-state index in [2.05, 4.69) is 15.5 Å². The van der Waals surface area contributed by atoms with Gasteiger partial charge in [0, 0.05) is 12.8 Å². The van der Waals surface area contributed by atoms with Crippen LogP contribution in [0.5, 0.6) is 0 Å². The quantitative estimate of drug-likeness (QED) is 0.751. The van der Waals surface area contributed by atoms with E-state index in [9.17, 15) is 0 Å². The minimum absolute atomic E-state index is 0.886. The first-order chi connectivity index (χ1) is 6.77. The zero-order valence-corrected chi connectivity index (χ0v) is 9.47. The van der Waals surface area contributed by atoms with Gasteiger partial charge >= 0.3 is 0 Å². The van der Waals surface area contributed by atoms with Crippen molar-refractivity contribution in [3.05, 3.63) is 5.82 Å². The second kappa shape index (κ2) is 4.31. The lowest BCUT2D eigenvalue weighted by atomic mass is 10.0. The fraction of sp³-hybridized carbons (Fsp3) is 0.778. The minimum atomic E-state index is 0.886. The van der Waals surface area contributed by atoms with Crippen molar-refractivity contribution in [1.82, 2.24) is 20.1 Å². The zero-order valence-electron chi connectivity index (χ0n) is 8.66. The molecule has 1 aliphatic rings. The maximum atomic E-state index is 4.12. The Morgan fingerprint density at radius 2 is 2.29 bits per heavy atom. The van der Waals surface area contributed by atoms with Crippen LogP contribution in [0.4, 0.5) is 0 Å². The second-order valence-electron chi connectivity index (χ2n) is 3.75. The van der Waals surface area contributed by atoms with E-state index in [1.54, 1.807) is 0 Å². The van der Waals surface area contributed by atoms with Gasteiger partial charge in [-0.1, -0.05) is 11.8 Å². The first-order valence-electron chi connectivity index (χ1n) is 4.97. The summed E-state index contributed by atoms with van der Waals surface area (Å²) in [6.07, 6.45) is 1.28. The Balaban J connectivity index is 1.76. The third-order valence-electron chi connectivity index (χ3n) is 2.68. The molecule has 0 atom stereocenters. The van der Waals surface area contributed by atoms with E-state index in [1.807, 2.05) is 30.3 Å². The number of thioether (sulfide) groups is 1. The molecule has 4 nitrogen and oxygen atoms in total. The SMILES string of the molecule is Cc1nnc(SCCC2CNC2)n1C. The molecule has 1 aliphatic heterocycles. The van der Waals surface area contributed by atoms with Crippen molar-refractivity contribution in [2.24, 2.45) is 13.0 Å². The summed E-state index contributed by atoms with van der Waals surface area (Å²) in [5, 5.41) is 12.5. The highest BCUT2D eigenvalue weighted by Crippen LogP contribution is 2.19. The highest BCUT2D eigenvalue weighted by atomic mass is 32.2. The molecular weight excluding hydrogens is 196 g/mol. The number of aromatic nitrogens is 3. The molecule has 5 heteroatoms. The molecule has 0 radical (unpaired) electrons. The van der Waals surface area contributed by atoms with Gasteiger partial charge in [0.25, 0.3) is 0 Å². The van der Waals surface area contributed by atoms with Crippen LogP contribution in [0.15, 0.2) is 5.16 Å². The summed E-state index contributed by atoms with van der Waals surface area (Å²) in [6.45, 7) is 4.36. The van der Waals surface area contributed by atoms with Gasteiger partial charge in [-0.05, 0) is 32.4 Å². The lowest BCUT2D eigenvalue weighted by Gasteiger charge is -2.26. The molecule has 1 saturated heterocycles. The molecule has 14 heavy (non-hydrogen) atoms. The Morgan fingerprint density at radius 3 is 2.79 bits per heavy atom. The lowest BCUT2D eigenvalue weighted by Crippen LogP contribution is -2.42. The van der Waals surface area contributed by atoms with Gasteiger partial charge in [-0.3, -0.25) is 0 Å². The summed E-state index contributed by atoms with van der Waals surface area (Å²) in [7, 11) is 2.02. The van der Waals surface area contributed by atoms with Gasteiger partial charge < -0.3 is 9.88 Å². The van der Waals surface area contributed by atoms with E-state index in [4.69, 9.17) is 0 Å². The largest absolute Gasteiger partial charge is 0.316 e. The summed E-state index contributed by atoms with van der Waals surface area (Å²) >= 11 is 1.81. The maximum absolute atomic E-state index is 4.12. The molecule has 2 heterocycles. The summed E-state index contributed by atoms with van der Waals surface area (Å²) in [5.74, 6) is 3.02. The molecule has 78 valence electrons. The van der Waals surface area contributed by atoms with Gasteiger partial charge in [0.05, 0.1) is 0 Å². The number of rotatable bonds is 4. The van der Waals surface area contributed by atoms with Gasteiger partial charge in [-0.2, -0.15) is 0 Å². The summed E-state index contributed by atoms with van der Waals surface area (Å²) in [5.41, 5.74) is 0. The predicted molar refractivity (Wildman–Crippen MR) is 57.4 cm³/mol. The minimum Gasteiger partial charge on any atom is -0.316 e. The van der Waals surface area contributed by atoms with Gasteiger partial charge in [0.15, 0.2) is 5.16 Å². The standard InChI is InChI=1S/C9H16N4S/c1-7-11-12-9(13(7)2)14-4-3-8-5-10-6-8/h8,10H,3-6H2,1-2H3. The molecular formula is C9H16N4S. The number of aryl methyl sites for hydroxylation is 1. The van der Waals surface area contributed by atoms with Crippen molar-refractivity contribution in [3.63, 3.8) is 0 Å². The lowest BCUT2D eigenvalue weighted by molar-refractivity contribution is 0.341. The fourth-order valence-corrected chi connectivity index (χ4v) is 2.44. The van der Waals surface area contributed by atoms with Crippen LogP contribution in [0.1, 0.15) is 12.2 Å². The first kappa shape index (κ1) is 9.98. The van der Waals surface area contributed by atoms with Crippen molar-refractivity contribution in [3.8, 4) is 0 Å². The summed E-state index contributed by atoms with van der Waals surface area (Å²) in [6, 6.07) is 0. The van der Waals surface area contributed by atoms with Gasteiger partial charge in [-0.25, -0.2) is 0 Å². The molecule has 1 aromatic rings. The Labute approximate surface area is 88.5 Å². The Hall–Kier alpha value is -0.550. The van der Waals surface area contributed by atoms with Crippen LogP contribution in [0.2, 0.25) is 0 Å². The van der Waals surface area contributed by atoms with Crippen LogP contribution in [0.3, 0.4) is 0 Å². The molecule has 1 aromatic heterocycles. The first-order valence-corrected chi connectivity index (χ1v) is 5.95. The number of nitrogens with one attached hydrogen (secondary N) is 1. The Morgan fingerprint density at radius 1 is 1.50 bits per heavy atom. The van der Waals surface area contributed by atoms with E-state index >= 15 is 0 Å². The van der Waals surface area contributed by atoms with E-state index in [1.165, 1.54) is 19.5 Å². The molecule has 1 N–H and O–H groups in total. The molecule has 0 amide bonds. The van der Waals surface area contributed by atoms with Crippen molar-refractivity contribution >= 4 is 11.8 Å². The van der Waals surface area contributed by atoms with Crippen molar-refractivity contribution in [1.29, 1.82) is 0 Å². The van der Waals surface area contributed by atoms with Crippen LogP contribution in [0, 0.1) is 12.8 Å². The molecule has 1 fully saturated rings. The highest BCUT2D eigenvalue weighted by Gasteiger charge is 2.16. The Bertz CT molecular complexity index is 306. The number of nitrogens with zero attached hydrogens (tertiary/aromatic N) is 3. The third kappa shape index (κ3) is 2.09. The van der Waals surface area contributed by atoms with E-state index in [0.717, 1.165) is 22.7 Å². The molecule has 2 rings (SSSR count). The average Bonchev–Trinajstić information content (AvgIpc) is 2.40.